The number of piperidine rings is 1. The van der Waals surface area contributed by atoms with Crippen molar-refractivity contribution in [3.63, 3.8) is 0 Å². The van der Waals surface area contributed by atoms with Crippen LogP contribution in [0.4, 0.5) is 0 Å². The van der Waals surface area contributed by atoms with Crippen molar-refractivity contribution < 1.29 is 14.3 Å². The Bertz CT molecular complexity index is 603. The molecule has 0 radical (unpaired) electrons. The van der Waals surface area contributed by atoms with Crippen LogP contribution in [0.15, 0.2) is 6.20 Å². The van der Waals surface area contributed by atoms with E-state index in [1.54, 1.807) is 6.20 Å². The molecule has 4 heterocycles. The van der Waals surface area contributed by atoms with E-state index in [1.165, 1.54) is 0 Å². The van der Waals surface area contributed by atoms with Gasteiger partial charge >= 0.3 is 0 Å². The second kappa shape index (κ2) is 7.05. The number of amides is 1. The summed E-state index contributed by atoms with van der Waals surface area (Å²) in [6, 6.07) is 0. The van der Waals surface area contributed by atoms with E-state index in [0.29, 0.717) is 11.8 Å². The molecule has 0 saturated carbocycles. The second-order valence-corrected chi connectivity index (χ2v) is 7.72. The maximum absolute atomic E-state index is 12.5. The number of hydrogen-bond acceptors (Lipinski definition) is 5. The summed E-state index contributed by atoms with van der Waals surface area (Å²) in [7, 11) is 0. The zero-order chi connectivity index (χ0) is 17.3. The highest BCUT2D eigenvalue weighted by Gasteiger charge is 2.43. The van der Waals surface area contributed by atoms with Crippen molar-refractivity contribution in [1.29, 1.82) is 0 Å². The number of nitrogens with one attached hydrogen (secondary N) is 1. The van der Waals surface area contributed by atoms with Gasteiger partial charge in [-0.15, -0.1) is 0 Å². The number of imidazole rings is 1. The van der Waals surface area contributed by atoms with Crippen molar-refractivity contribution in [2.45, 2.75) is 32.3 Å². The molecule has 7 nitrogen and oxygen atoms in total. The molecule has 1 N–H and O–H groups in total. The highest BCUT2D eigenvalue weighted by Crippen LogP contribution is 2.42. The van der Waals surface area contributed by atoms with Gasteiger partial charge in [0.15, 0.2) is 0 Å². The van der Waals surface area contributed by atoms with Gasteiger partial charge in [0, 0.05) is 32.7 Å². The Hall–Kier alpha value is -1.44. The molecule has 0 aliphatic carbocycles. The van der Waals surface area contributed by atoms with Crippen LogP contribution in [-0.2, 0) is 9.47 Å². The highest BCUT2D eigenvalue weighted by molar-refractivity contribution is 5.92. The topological polar surface area (TPSA) is 70.7 Å². The Labute approximate surface area is 148 Å². The number of morpholine rings is 1. The van der Waals surface area contributed by atoms with E-state index in [0.717, 1.165) is 77.6 Å². The number of ether oxygens (including phenoxy) is 2. The van der Waals surface area contributed by atoms with Crippen LogP contribution in [0.3, 0.4) is 0 Å². The zero-order valence-corrected chi connectivity index (χ0v) is 15.0. The molecule has 0 bridgehead atoms. The monoisotopic (exact) mass is 348 g/mol. The summed E-state index contributed by atoms with van der Waals surface area (Å²) in [5.74, 6) is 0.853. The van der Waals surface area contributed by atoms with Gasteiger partial charge in [-0.1, -0.05) is 0 Å². The molecule has 3 aliphatic heterocycles. The highest BCUT2D eigenvalue weighted by atomic mass is 16.5. The van der Waals surface area contributed by atoms with Crippen LogP contribution in [0.1, 0.15) is 35.6 Å². The van der Waals surface area contributed by atoms with E-state index >= 15 is 0 Å². The lowest BCUT2D eigenvalue weighted by Gasteiger charge is -2.38. The van der Waals surface area contributed by atoms with Crippen molar-refractivity contribution in [3.05, 3.63) is 17.7 Å². The third kappa shape index (κ3) is 3.73. The fraction of sp³-hybridized carbons (Fsp3) is 0.778. The minimum absolute atomic E-state index is 0.0687. The Kier molecular flexibility index (Phi) is 4.80. The molecular formula is C18H28N4O3. The molecule has 0 aromatic carbocycles. The fourth-order valence-electron chi connectivity index (χ4n) is 4.32. The van der Waals surface area contributed by atoms with Crippen LogP contribution < -0.4 is 0 Å². The molecule has 3 fully saturated rings. The lowest BCUT2D eigenvalue weighted by Crippen LogP contribution is -2.44. The van der Waals surface area contributed by atoms with Crippen molar-refractivity contribution in [1.82, 2.24) is 19.8 Å². The van der Waals surface area contributed by atoms with Crippen LogP contribution >= 0.6 is 0 Å². The Morgan fingerprint density at radius 2 is 2.08 bits per heavy atom. The minimum atomic E-state index is 0.0687. The van der Waals surface area contributed by atoms with Gasteiger partial charge in [0.2, 0.25) is 0 Å². The standard InChI is InChI=1S/C18H28N4O3/c1-14-19-11-16(20-14)17(23)22-4-2-18(3-5-22)10-15(25-13-18)12-21-6-8-24-9-7-21/h11,15H,2-10,12-13H2,1H3,(H,19,20)/t15-/m1/s1. The van der Waals surface area contributed by atoms with E-state index in [2.05, 4.69) is 14.9 Å². The number of hydrogen-bond donors (Lipinski definition) is 1. The summed E-state index contributed by atoms with van der Waals surface area (Å²) in [5, 5.41) is 0. The molecule has 3 aliphatic rings. The summed E-state index contributed by atoms with van der Waals surface area (Å²) in [4.78, 5) is 24.1. The average molecular weight is 348 g/mol. The van der Waals surface area contributed by atoms with Crippen LogP contribution in [0.5, 0.6) is 0 Å². The molecule has 1 spiro atoms. The van der Waals surface area contributed by atoms with Crippen LogP contribution in [0.2, 0.25) is 0 Å². The first kappa shape index (κ1) is 17.0. The number of rotatable bonds is 3. The third-order valence-corrected chi connectivity index (χ3v) is 5.90. The van der Waals surface area contributed by atoms with Crippen molar-refractivity contribution in [2.75, 3.05) is 52.5 Å². The quantitative estimate of drug-likeness (QED) is 0.884. The molecule has 0 unspecified atom stereocenters. The number of aromatic amines is 1. The summed E-state index contributed by atoms with van der Waals surface area (Å²) < 4.78 is 11.5. The summed E-state index contributed by atoms with van der Waals surface area (Å²) in [6.07, 6.45) is 5.15. The zero-order valence-electron chi connectivity index (χ0n) is 15.0. The van der Waals surface area contributed by atoms with E-state index in [9.17, 15) is 4.79 Å². The van der Waals surface area contributed by atoms with E-state index in [-0.39, 0.29) is 11.3 Å². The molecule has 4 rings (SSSR count). The lowest BCUT2D eigenvalue weighted by molar-refractivity contribution is 0.00524. The number of likely N-dealkylation sites (tertiary alicyclic amines) is 1. The lowest BCUT2D eigenvalue weighted by atomic mass is 9.76. The number of carbonyl (C=O) groups is 1. The Balaban J connectivity index is 1.28. The largest absolute Gasteiger partial charge is 0.379 e. The molecule has 3 saturated heterocycles. The van der Waals surface area contributed by atoms with Crippen LogP contribution in [-0.4, -0.2) is 84.3 Å². The van der Waals surface area contributed by atoms with E-state index in [1.807, 2.05) is 11.8 Å². The number of aryl methyl sites for hydroxylation is 1. The Morgan fingerprint density at radius 3 is 2.76 bits per heavy atom. The molecule has 1 aromatic rings. The molecular weight excluding hydrogens is 320 g/mol. The first-order valence-electron chi connectivity index (χ1n) is 9.36. The predicted octanol–water partition coefficient (Wildman–Crippen LogP) is 1.06. The predicted molar refractivity (Wildman–Crippen MR) is 92.5 cm³/mol. The van der Waals surface area contributed by atoms with Gasteiger partial charge in [-0.2, -0.15) is 0 Å². The smallest absolute Gasteiger partial charge is 0.271 e. The van der Waals surface area contributed by atoms with Gasteiger partial charge in [0.25, 0.3) is 5.91 Å². The molecule has 1 atom stereocenters. The van der Waals surface area contributed by atoms with Crippen LogP contribution in [0, 0.1) is 12.3 Å². The number of aromatic nitrogens is 2. The average Bonchev–Trinajstić information content (AvgIpc) is 3.23. The maximum atomic E-state index is 12.5. The number of carbonyl (C=O) groups excluding carboxylic acids is 1. The normalized spacial score (nSPS) is 27.1. The Morgan fingerprint density at radius 1 is 1.32 bits per heavy atom. The molecule has 25 heavy (non-hydrogen) atoms. The first-order chi connectivity index (χ1) is 12.1. The van der Waals surface area contributed by atoms with Gasteiger partial charge in [-0.3, -0.25) is 9.69 Å². The number of nitrogens with zero attached hydrogens (tertiary/aromatic N) is 3. The summed E-state index contributed by atoms with van der Waals surface area (Å²) in [5.41, 5.74) is 0.860. The van der Waals surface area contributed by atoms with Crippen LogP contribution in [0.25, 0.3) is 0 Å². The summed E-state index contributed by atoms with van der Waals surface area (Å²) in [6.45, 7) is 9.04. The molecule has 138 valence electrons. The molecule has 1 amide bonds. The summed E-state index contributed by atoms with van der Waals surface area (Å²) >= 11 is 0. The third-order valence-electron chi connectivity index (χ3n) is 5.90. The van der Waals surface area contributed by atoms with Crippen molar-refractivity contribution >= 4 is 5.91 Å². The van der Waals surface area contributed by atoms with Crippen molar-refractivity contribution in [3.8, 4) is 0 Å². The number of H-pyrrole nitrogens is 1. The van der Waals surface area contributed by atoms with Gasteiger partial charge in [0.1, 0.15) is 11.5 Å². The first-order valence-corrected chi connectivity index (χ1v) is 9.36. The van der Waals surface area contributed by atoms with Gasteiger partial charge in [-0.25, -0.2) is 4.98 Å². The van der Waals surface area contributed by atoms with Gasteiger partial charge < -0.3 is 19.4 Å². The minimum Gasteiger partial charge on any atom is -0.379 e. The second-order valence-electron chi connectivity index (χ2n) is 7.72. The maximum Gasteiger partial charge on any atom is 0.271 e. The van der Waals surface area contributed by atoms with Crippen molar-refractivity contribution in [2.24, 2.45) is 5.41 Å². The SMILES string of the molecule is Cc1ncc(C(=O)N2CCC3(CC2)CO[C@@H](CN2CCOCC2)C3)[nH]1. The van der Waals surface area contributed by atoms with Gasteiger partial charge in [0.05, 0.1) is 32.1 Å². The fourth-order valence-corrected chi connectivity index (χ4v) is 4.32. The van der Waals surface area contributed by atoms with E-state index in [4.69, 9.17) is 9.47 Å². The van der Waals surface area contributed by atoms with E-state index < -0.39 is 0 Å². The molecule has 7 heteroatoms. The van der Waals surface area contributed by atoms with Gasteiger partial charge in [-0.05, 0) is 31.6 Å². The molecule has 1 aromatic heterocycles.